The first kappa shape index (κ1) is 13.0. The zero-order chi connectivity index (χ0) is 12.2. The van der Waals surface area contributed by atoms with Crippen LogP contribution in [0.2, 0.25) is 0 Å². The van der Waals surface area contributed by atoms with E-state index in [-0.39, 0.29) is 5.41 Å². The van der Waals surface area contributed by atoms with E-state index >= 15 is 0 Å². The van der Waals surface area contributed by atoms with Gasteiger partial charge in [0.2, 0.25) is 0 Å². The normalized spacial score (nSPS) is 16.6. The van der Waals surface area contributed by atoms with Crippen molar-refractivity contribution >= 4 is 5.84 Å². The van der Waals surface area contributed by atoms with E-state index in [1.54, 1.807) is 0 Å². The molecule has 2 heteroatoms. The van der Waals surface area contributed by atoms with E-state index < -0.39 is 0 Å². The first-order valence-electron chi connectivity index (χ1n) is 6.17. The maximum Gasteiger partial charge on any atom is 0.108 e. The van der Waals surface area contributed by atoms with Gasteiger partial charge in [-0.25, -0.2) is 4.99 Å². The molecule has 90 valence electrons. The van der Waals surface area contributed by atoms with Gasteiger partial charge in [0.15, 0.2) is 0 Å². The second-order valence-corrected chi connectivity index (χ2v) is 5.16. The third-order valence-electron chi connectivity index (χ3n) is 2.94. The third-order valence-corrected chi connectivity index (χ3v) is 2.94. The molecule has 1 heterocycles. The van der Waals surface area contributed by atoms with Gasteiger partial charge < -0.3 is 4.90 Å². The molecule has 0 aromatic heterocycles. The Morgan fingerprint density at radius 1 is 1.25 bits per heavy atom. The van der Waals surface area contributed by atoms with Crippen molar-refractivity contribution in [3.63, 3.8) is 0 Å². The summed E-state index contributed by atoms with van der Waals surface area (Å²) in [5, 5.41) is 0. The highest BCUT2D eigenvalue weighted by atomic mass is 15.2. The molecule has 0 aromatic rings. The summed E-state index contributed by atoms with van der Waals surface area (Å²) in [6.45, 7) is 13.1. The molecule has 16 heavy (non-hydrogen) atoms. The summed E-state index contributed by atoms with van der Waals surface area (Å²) in [7, 11) is 0. The standard InChI is InChI=1S/C14H24N2/c1-6-16(7-2)13-10-8-9-12(11-15-13)14(3,4)5/h8-9,11H,6-7,10H2,1-5H3. The van der Waals surface area contributed by atoms with Crippen LogP contribution in [0.5, 0.6) is 0 Å². The highest BCUT2D eigenvalue weighted by Crippen LogP contribution is 2.27. The molecule has 1 aliphatic heterocycles. The fourth-order valence-corrected chi connectivity index (χ4v) is 1.77. The van der Waals surface area contributed by atoms with Crippen LogP contribution in [0.25, 0.3) is 0 Å². The molecule has 0 saturated heterocycles. The number of amidine groups is 1. The summed E-state index contributed by atoms with van der Waals surface area (Å²) in [6, 6.07) is 0. The third kappa shape index (κ3) is 3.22. The Bertz CT molecular complexity index is 312. The van der Waals surface area contributed by atoms with Crippen LogP contribution in [0.15, 0.2) is 28.9 Å². The van der Waals surface area contributed by atoms with Crippen LogP contribution in [-0.4, -0.2) is 23.8 Å². The lowest BCUT2D eigenvalue weighted by molar-refractivity contribution is 0.459. The van der Waals surface area contributed by atoms with Gasteiger partial charge in [-0.15, -0.1) is 0 Å². The molecule has 0 saturated carbocycles. The van der Waals surface area contributed by atoms with E-state index in [0.29, 0.717) is 0 Å². The molecular weight excluding hydrogens is 196 g/mol. The number of aliphatic imine (C=N–C) groups is 1. The topological polar surface area (TPSA) is 15.6 Å². The Balaban J connectivity index is 2.91. The maximum absolute atomic E-state index is 4.63. The van der Waals surface area contributed by atoms with Crippen LogP contribution in [0.1, 0.15) is 41.0 Å². The molecule has 1 rings (SSSR count). The number of nitrogens with zero attached hydrogens (tertiary/aromatic N) is 2. The van der Waals surface area contributed by atoms with E-state index in [9.17, 15) is 0 Å². The zero-order valence-corrected chi connectivity index (χ0v) is 11.2. The molecule has 0 aliphatic carbocycles. The quantitative estimate of drug-likeness (QED) is 0.694. The summed E-state index contributed by atoms with van der Waals surface area (Å²) in [4.78, 5) is 6.94. The molecule has 0 amide bonds. The van der Waals surface area contributed by atoms with Gasteiger partial charge in [-0.2, -0.15) is 0 Å². The molecule has 0 unspecified atom stereocenters. The SMILES string of the molecule is CCN(CC)C1=NC=C(C(C)(C)C)C=CC1. The summed E-state index contributed by atoms with van der Waals surface area (Å²) in [6.07, 6.45) is 7.40. The van der Waals surface area contributed by atoms with Crippen molar-refractivity contribution in [2.45, 2.75) is 41.0 Å². The average molecular weight is 220 g/mol. The van der Waals surface area contributed by atoms with Crippen molar-refractivity contribution < 1.29 is 0 Å². The predicted molar refractivity (Wildman–Crippen MR) is 71.7 cm³/mol. The largest absolute Gasteiger partial charge is 0.360 e. The second-order valence-electron chi connectivity index (χ2n) is 5.16. The van der Waals surface area contributed by atoms with Gasteiger partial charge in [0, 0.05) is 25.7 Å². The van der Waals surface area contributed by atoms with Gasteiger partial charge in [-0.3, -0.25) is 0 Å². The van der Waals surface area contributed by atoms with Crippen molar-refractivity contribution in [2.24, 2.45) is 10.4 Å². The monoisotopic (exact) mass is 220 g/mol. The van der Waals surface area contributed by atoms with Crippen molar-refractivity contribution in [2.75, 3.05) is 13.1 Å². The van der Waals surface area contributed by atoms with Crippen molar-refractivity contribution in [3.8, 4) is 0 Å². The smallest absolute Gasteiger partial charge is 0.108 e. The molecule has 1 aliphatic rings. The Hall–Kier alpha value is -1.05. The van der Waals surface area contributed by atoms with E-state index in [1.165, 1.54) is 11.4 Å². The highest BCUT2D eigenvalue weighted by molar-refractivity contribution is 5.84. The van der Waals surface area contributed by atoms with Crippen LogP contribution >= 0.6 is 0 Å². The molecular formula is C14H24N2. The molecule has 0 aromatic carbocycles. The lowest BCUT2D eigenvalue weighted by Crippen LogP contribution is -2.29. The summed E-state index contributed by atoms with van der Waals surface area (Å²) in [5.41, 5.74) is 1.48. The molecule has 0 atom stereocenters. The fraction of sp³-hybridized carbons (Fsp3) is 0.643. The Labute approximate surface area is 99.8 Å². The van der Waals surface area contributed by atoms with Crippen LogP contribution in [-0.2, 0) is 0 Å². The second kappa shape index (κ2) is 5.33. The van der Waals surface area contributed by atoms with Gasteiger partial charge in [-0.1, -0.05) is 32.9 Å². The number of allylic oxidation sites excluding steroid dienone is 2. The van der Waals surface area contributed by atoms with Gasteiger partial charge in [0.25, 0.3) is 0 Å². The molecule has 0 bridgehead atoms. The fourth-order valence-electron chi connectivity index (χ4n) is 1.77. The van der Waals surface area contributed by atoms with E-state index in [2.05, 4.69) is 56.7 Å². The van der Waals surface area contributed by atoms with E-state index in [4.69, 9.17) is 0 Å². The molecule has 0 N–H and O–H groups in total. The van der Waals surface area contributed by atoms with Crippen LogP contribution in [0.3, 0.4) is 0 Å². The van der Waals surface area contributed by atoms with E-state index in [1.807, 2.05) is 6.20 Å². The Morgan fingerprint density at radius 2 is 1.88 bits per heavy atom. The van der Waals surface area contributed by atoms with Crippen LogP contribution < -0.4 is 0 Å². The summed E-state index contributed by atoms with van der Waals surface area (Å²) in [5.74, 6) is 1.18. The van der Waals surface area contributed by atoms with Crippen LogP contribution in [0, 0.1) is 5.41 Å². The first-order valence-corrected chi connectivity index (χ1v) is 6.17. The number of rotatable bonds is 2. The molecule has 2 nitrogen and oxygen atoms in total. The molecule has 0 radical (unpaired) electrons. The minimum atomic E-state index is 0.179. The maximum atomic E-state index is 4.63. The molecule has 0 fully saturated rings. The summed E-state index contributed by atoms with van der Waals surface area (Å²) < 4.78 is 0. The minimum Gasteiger partial charge on any atom is -0.360 e. The number of hydrogen-bond acceptors (Lipinski definition) is 2. The number of hydrogen-bond donors (Lipinski definition) is 0. The first-order chi connectivity index (χ1) is 7.49. The molecule has 0 spiro atoms. The Morgan fingerprint density at radius 3 is 2.38 bits per heavy atom. The van der Waals surface area contributed by atoms with Crippen molar-refractivity contribution in [3.05, 3.63) is 23.9 Å². The predicted octanol–water partition coefficient (Wildman–Crippen LogP) is 3.62. The van der Waals surface area contributed by atoms with Crippen molar-refractivity contribution in [1.82, 2.24) is 4.90 Å². The Kier molecular flexibility index (Phi) is 4.34. The van der Waals surface area contributed by atoms with Gasteiger partial charge in [0.1, 0.15) is 5.84 Å². The van der Waals surface area contributed by atoms with Gasteiger partial charge >= 0.3 is 0 Å². The van der Waals surface area contributed by atoms with Gasteiger partial charge in [-0.05, 0) is 24.8 Å². The summed E-state index contributed by atoms with van der Waals surface area (Å²) >= 11 is 0. The van der Waals surface area contributed by atoms with Crippen LogP contribution in [0.4, 0.5) is 0 Å². The highest BCUT2D eigenvalue weighted by Gasteiger charge is 2.16. The van der Waals surface area contributed by atoms with E-state index in [0.717, 1.165) is 19.5 Å². The lowest BCUT2D eigenvalue weighted by atomic mass is 9.87. The van der Waals surface area contributed by atoms with Gasteiger partial charge in [0.05, 0.1) is 0 Å². The minimum absolute atomic E-state index is 0.179. The zero-order valence-electron chi connectivity index (χ0n) is 11.2. The van der Waals surface area contributed by atoms with Crippen molar-refractivity contribution in [1.29, 1.82) is 0 Å². The average Bonchev–Trinajstić information content (AvgIpc) is 2.45. The lowest BCUT2D eigenvalue weighted by Gasteiger charge is -2.21.